The van der Waals surface area contributed by atoms with E-state index in [1.807, 2.05) is 13.0 Å². The fourth-order valence-corrected chi connectivity index (χ4v) is 4.44. The summed E-state index contributed by atoms with van der Waals surface area (Å²) in [6.45, 7) is 8.33. The summed E-state index contributed by atoms with van der Waals surface area (Å²) in [5.41, 5.74) is 0.745. The van der Waals surface area contributed by atoms with Crippen LogP contribution in [0.15, 0.2) is 30.6 Å². The SMILES string of the molecule is CCC(Oc1ccc(-c2cc3c(ncn3C)c(C#N)n2)cc1C(F)(F)F)N1CCNC(C(C)C)C1.Cl. The molecular weight excluding hydrogens is 493 g/mol. The van der Waals surface area contributed by atoms with Gasteiger partial charge in [0.15, 0.2) is 11.9 Å². The fraction of sp³-hybridized carbons (Fsp3) is 0.480. The first-order valence-electron chi connectivity index (χ1n) is 11.7. The Labute approximate surface area is 214 Å². The number of rotatable bonds is 6. The molecule has 0 aliphatic carbocycles. The van der Waals surface area contributed by atoms with Gasteiger partial charge >= 0.3 is 6.18 Å². The average Bonchev–Trinajstić information content (AvgIpc) is 3.22. The number of halogens is 4. The first-order chi connectivity index (χ1) is 16.6. The molecule has 1 N–H and O–H groups in total. The van der Waals surface area contributed by atoms with Gasteiger partial charge in [-0.2, -0.15) is 18.4 Å². The molecule has 2 unspecified atom stereocenters. The van der Waals surface area contributed by atoms with Gasteiger partial charge in [-0.25, -0.2) is 9.97 Å². The molecule has 0 radical (unpaired) electrons. The van der Waals surface area contributed by atoms with E-state index < -0.39 is 18.0 Å². The van der Waals surface area contributed by atoms with Gasteiger partial charge in [0.05, 0.1) is 23.1 Å². The van der Waals surface area contributed by atoms with E-state index in [1.165, 1.54) is 6.07 Å². The average molecular weight is 523 g/mol. The first kappa shape index (κ1) is 27.7. The van der Waals surface area contributed by atoms with Crippen LogP contribution in [0.5, 0.6) is 5.75 Å². The molecule has 0 saturated carbocycles. The second kappa shape index (κ2) is 11.0. The molecule has 1 fully saturated rings. The molecule has 1 aliphatic heterocycles. The number of piperazine rings is 1. The highest BCUT2D eigenvalue weighted by Gasteiger charge is 2.36. The van der Waals surface area contributed by atoms with Crippen LogP contribution in [0, 0.1) is 17.2 Å². The second-order valence-electron chi connectivity index (χ2n) is 9.18. The maximum atomic E-state index is 14.1. The Morgan fingerprint density at radius 2 is 2.03 bits per heavy atom. The number of fused-ring (bicyclic) bond motifs is 1. The van der Waals surface area contributed by atoms with E-state index in [4.69, 9.17) is 4.74 Å². The lowest BCUT2D eigenvalue weighted by atomic mass is 10.0. The van der Waals surface area contributed by atoms with Crippen molar-refractivity contribution in [2.45, 2.75) is 45.6 Å². The van der Waals surface area contributed by atoms with Crippen molar-refractivity contribution >= 4 is 23.4 Å². The molecule has 2 atom stereocenters. The van der Waals surface area contributed by atoms with Crippen molar-refractivity contribution in [3.63, 3.8) is 0 Å². The molecule has 0 spiro atoms. The number of aryl methyl sites for hydroxylation is 1. The monoisotopic (exact) mass is 522 g/mol. The molecule has 1 aromatic carbocycles. The summed E-state index contributed by atoms with van der Waals surface area (Å²) >= 11 is 0. The Bertz CT molecular complexity index is 1250. The van der Waals surface area contributed by atoms with Gasteiger partial charge in [-0.3, -0.25) is 4.90 Å². The highest BCUT2D eigenvalue weighted by Crippen LogP contribution is 2.39. The van der Waals surface area contributed by atoms with Gasteiger partial charge in [-0.05, 0) is 36.6 Å². The van der Waals surface area contributed by atoms with Crippen molar-refractivity contribution in [3.05, 3.63) is 41.9 Å². The van der Waals surface area contributed by atoms with Crippen molar-refractivity contribution in [1.29, 1.82) is 5.26 Å². The molecule has 3 heterocycles. The molecular formula is C25H30ClF3N6O. The molecule has 4 rings (SSSR count). The van der Waals surface area contributed by atoms with E-state index in [0.29, 0.717) is 36.5 Å². The third-order valence-corrected chi connectivity index (χ3v) is 6.46. The molecule has 7 nitrogen and oxygen atoms in total. The third-order valence-electron chi connectivity index (χ3n) is 6.46. The molecule has 0 amide bonds. The van der Waals surface area contributed by atoms with Crippen molar-refractivity contribution in [3.8, 4) is 23.1 Å². The first-order valence-corrected chi connectivity index (χ1v) is 11.7. The van der Waals surface area contributed by atoms with Gasteiger partial charge in [-0.15, -0.1) is 12.4 Å². The number of aromatic nitrogens is 3. The van der Waals surface area contributed by atoms with E-state index in [2.05, 4.69) is 34.0 Å². The third kappa shape index (κ3) is 5.59. The van der Waals surface area contributed by atoms with Crippen LogP contribution >= 0.6 is 12.4 Å². The summed E-state index contributed by atoms with van der Waals surface area (Å²) in [4.78, 5) is 10.5. The Morgan fingerprint density at radius 1 is 1.28 bits per heavy atom. The highest BCUT2D eigenvalue weighted by atomic mass is 35.5. The largest absolute Gasteiger partial charge is 0.474 e. The van der Waals surface area contributed by atoms with Gasteiger partial charge in [0.25, 0.3) is 0 Å². The summed E-state index contributed by atoms with van der Waals surface area (Å²) in [5.74, 6) is 0.192. The number of nitrogens with one attached hydrogen (secondary N) is 1. The number of ether oxygens (including phenoxy) is 1. The van der Waals surface area contributed by atoms with E-state index in [9.17, 15) is 18.4 Å². The molecule has 1 saturated heterocycles. The fourth-order valence-electron chi connectivity index (χ4n) is 4.44. The summed E-state index contributed by atoms with van der Waals surface area (Å²) in [6.07, 6.45) is -3.00. The zero-order chi connectivity index (χ0) is 25.3. The lowest BCUT2D eigenvalue weighted by Crippen LogP contribution is -2.56. The van der Waals surface area contributed by atoms with E-state index in [1.54, 1.807) is 30.1 Å². The van der Waals surface area contributed by atoms with Crippen LogP contribution in [0.3, 0.4) is 0 Å². The standard InChI is InChI=1S/C25H29F3N6O.ClH/c1-5-23(34-9-8-30-20(13-34)15(2)3)35-22-7-6-16(10-17(22)25(26,27)28)18-11-21-24(19(12-29)32-18)31-14-33(21)4;/h6-7,10-11,14-15,20,23,30H,5,8-9,13H2,1-4H3;1H. The maximum Gasteiger partial charge on any atom is 0.419 e. The lowest BCUT2D eigenvalue weighted by molar-refractivity contribution is -0.140. The topological polar surface area (TPSA) is 79.0 Å². The highest BCUT2D eigenvalue weighted by molar-refractivity contribution is 5.85. The van der Waals surface area contributed by atoms with Gasteiger partial charge in [0.2, 0.25) is 0 Å². The molecule has 0 bridgehead atoms. The smallest absolute Gasteiger partial charge is 0.419 e. The Balaban J connectivity index is 0.00000361. The minimum atomic E-state index is -4.62. The van der Waals surface area contributed by atoms with Crippen molar-refractivity contribution in [2.24, 2.45) is 13.0 Å². The van der Waals surface area contributed by atoms with Crippen LogP contribution in [0.25, 0.3) is 22.3 Å². The van der Waals surface area contributed by atoms with Crippen LogP contribution in [-0.2, 0) is 13.2 Å². The molecule has 2 aromatic heterocycles. The maximum absolute atomic E-state index is 14.1. The van der Waals surface area contributed by atoms with Crippen LogP contribution < -0.4 is 10.1 Å². The Morgan fingerprint density at radius 3 is 2.67 bits per heavy atom. The van der Waals surface area contributed by atoms with Crippen LogP contribution in [0.2, 0.25) is 0 Å². The minimum Gasteiger partial charge on any atom is -0.474 e. The van der Waals surface area contributed by atoms with Gasteiger partial charge in [0, 0.05) is 38.3 Å². The zero-order valence-electron chi connectivity index (χ0n) is 20.6. The van der Waals surface area contributed by atoms with Crippen molar-refractivity contribution in [2.75, 3.05) is 19.6 Å². The zero-order valence-corrected chi connectivity index (χ0v) is 21.5. The predicted molar refractivity (Wildman–Crippen MR) is 134 cm³/mol. The number of pyridine rings is 1. The summed E-state index contributed by atoms with van der Waals surface area (Å²) in [5, 5.41) is 12.9. The van der Waals surface area contributed by atoms with Crippen LogP contribution in [0.4, 0.5) is 13.2 Å². The number of imidazole rings is 1. The Hall–Kier alpha value is -2.87. The lowest BCUT2D eigenvalue weighted by Gasteiger charge is -2.40. The quantitative estimate of drug-likeness (QED) is 0.491. The minimum absolute atomic E-state index is 0. The van der Waals surface area contributed by atoms with E-state index >= 15 is 0 Å². The second-order valence-corrected chi connectivity index (χ2v) is 9.18. The number of nitriles is 1. The van der Waals surface area contributed by atoms with Crippen molar-refractivity contribution in [1.82, 2.24) is 24.8 Å². The van der Waals surface area contributed by atoms with Gasteiger partial charge in [-0.1, -0.05) is 20.8 Å². The molecule has 194 valence electrons. The Kier molecular flexibility index (Phi) is 8.49. The number of hydrogen-bond donors (Lipinski definition) is 1. The van der Waals surface area contributed by atoms with E-state index in [-0.39, 0.29) is 41.1 Å². The molecule has 3 aromatic rings. The molecule has 36 heavy (non-hydrogen) atoms. The normalized spacial score (nSPS) is 17.6. The molecule has 1 aliphatic rings. The number of alkyl halides is 3. The summed E-state index contributed by atoms with van der Waals surface area (Å²) < 4.78 is 50.1. The van der Waals surface area contributed by atoms with Crippen LogP contribution in [-0.4, -0.2) is 51.3 Å². The number of hydrogen-bond acceptors (Lipinski definition) is 6. The van der Waals surface area contributed by atoms with Crippen LogP contribution in [0.1, 0.15) is 38.4 Å². The van der Waals surface area contributed by atoms with Crippen molar-refractivity contribution < 1.29 is 17.9 Å². The van der Waals surface area contributed by atoms with Gasteiger partial charge in [0.1, 0.15) is 17.3 Å². The summed E-state index contributed by atoms with van der Waals surface area (Å²) in [6, 6.07) is 7.83. The summed E-state index contributed by atoms with van der Waals surface area (Å²) in [7, 11) is 1.75. The number of benzene rings is 1. The predicted octanol–water partition coefficient (Wildman–Crippen LogP) is 4.99. The van der Waals surface area contributed by atoms with Gasteiger partial charge < -0.3 is 14.6 Å². The number of nitrogens with zero attached hydrogens (tertiary/aromatic N) is 5. The molecule has 11 heteroatoms. The van der Waals surface area contributed by atoms with E-state index in [0.717, 1.165) is 12.6 Å².